The summed E-state index contributed by atoms with van der Waals surface area (Å²) in [4.78, 5) is 42.1. The fourth-order valence-electron chi connectivity index (χ4n) is 4.80. The molecule has 1 unspecified atom stereocenters. The maximum atomic E-state index is 13.4. The molecule has 2 aromatic rings. The highest BCUT2D eigenvalue weighted by molar-refractivity contribution is 8.01. The van der Waals surface area contributed by atoms with Crippen LogP contribution in [0.25, 0.3) is 0 Å². The van der Waals surface area contributed by atoms with Crippen LogP contribution in [0, 0.1) is 6.92 Å². The van der Waals surface area contributed by atoms with Crippen LogP contribution in [0.15, 0.2) is 54.6 Å². The van der Waals surface area contributed by atoms with E-state index in [0.29, 0.717) is 18.0 Å². The van der Waals surface area contributed by atoms with E-state index in [1.54, 1.807) is 23.9 Å². The first-order valence-corrected chi connectivity index (χ1v) is 12.6. The zero-order valence-electron chi connectivity index (χ0n) is 19.7. The van der Waals surface area contributed by atoms with Gasteiger partial charge < -0.3 is 20.2 Å². The van der Waals surface area contributed by atoms with Crippen molar-refractivity contribution in [3.8, 4) is 0 Å². The van der Waals surface area contributed by atoms with Crippen LogP contribution in [-0.4, -0.2) is 68.1 Å². The van der Waals surface area contributed by atoms with Crippen molar-refractivity contribution < 1.29 is 19.5 Å². The number of aliphatic hydroxyl groups is 1. The van der Waals surface area contributed by atoms with Gasteiger partial charge in [-0.3, -0.25) is 14.4 Å². The Morgan fingerprint density at radius 1 is 1.18 bits per heavy atom. The van der Waals surface area contributed by atoms with Crippen LogP contribution < -0.4 is 5.32 Å². The van der Waals surface area contributed by atoms with E-state index in [2.05, 4.69) is 5.32 Å². The second-order valence-corrected chi connectivity index (χ2v) is 10.4. The maximum Gasteiger partial charge on any atom is 0.255 e. The molecule has 2 heterocycles. The Balaban J connectivity index is 1.55. The van der Waals surface area contributed by atoms with Crippen molar-refractivity contribution in [2.75, 3.05) is 12.4 Å². The molecule has 2 N–H and O–H groups in total. The lowest BCUT2D eigenvalue weighted by atomic mass is 9.92. The largest absolute Gasteiger partial charge is 0.381 e. The molecule has 4 rings (SSSR count). The van der Waals surface area contributed by atoms with E-state index in [4.69, 9.17) is 0 Å². The van der Waals surface area contributed by atoms with Crippen LogP contribution in [0.3, 0.4) is 0 Å². The molecule has 2 aliphatic rings. The number of benzene rings is 2. The first kappa shape index (κ1) is 24.3. The van der Waals surface area contributed by atoms with Gasteiger partial charge in [0.05, 0.1) is 11.9 Å². The topological polar surface area (TPSA) is 90.0 Å². The summed E-state index contributed by atoms with van der Waals surface area (Å²) in [6, 6.07) is 15.2. The number of hydrogen-bond donors (Lipinski definition) is 2. The number of likely N-dealkylation sites (tertiary alicyclic amines) is 1. The fourth-order valence-corrected chi connectivity index (χ4v) is 6.20. The molecule has 0 aromatic heterocycles. The number of nitrogens with one attached hydrogen (secondary N) is 1. The number of fused-ring (bicyclic) bond motifs is 1. The van der Waals surface area contributed by atoms with Crippen molar-refractivity contribution in [1.82, 2.24) is 15.1 Å². The van der Waals surface area contributed by atoms with Crippen LogP contribution in [-0.2, 0) is 16.0 Å². The van der Waals surface area contributed by atoms with E-state index in [-0.39, 0.29) is 18.2 Å². The normalized spacial score (nSPS) is 23.2. The summed E-state index contributed by atoms with van der Waals surface area (Å²) in [5.41, 5.74) is 2.19. The van der Waals surface area contributed by atoms with E-state index in [0.717, 1.165) is 17.5 Å². The summed E-state index contributed by atoms with van der Waals surface area (Å²) in [5.74, 6) is -0.636. The van der Waals surface area contributed by atoms with Crippen molar-refractivity contribution in [1.29, 1.82) is 0 Å². The molecule has 2 aliphatic heterocycles. The SMILES string of the molecule is CCCN1C(=O)[C@H]2N(C(=O)[C@@H](O)[C@H](Cc3ccccc3)NC(=O)c3ccccc3C)CSC21C. The molecule has 0 spiro atoms. The van der Waals surface area contributed by atoms with Gasteiger partial charge in [-0.15, -0.1) is 11.8 Å². The summed E-state index contributed by atoms with van der Waals surface area (Å²) in [6.45, 7) is 6.48. The highest BCUT2D eigenvalue weighted by atomic mass is 32.2. The molecule has 2 saturated heterocycles. The number of hydrogen-bond acceptors (Lipinski definition) is 5. The number of carbonyl (C=O) groups is 3. The lowest BCUT2D eigenvalue weighted by Crippen LogP contribution is -2.74. The van der Waals surface area contributed by atoms with Gasteiger partial charge in [0.15, 0.2) is 6.10 Å². The zero-order chi connectivity index (χ0) is 24.5. The van der Waals surface area contributed by atoms with Gasteiger partial charge in [0.2, 0.25) is 5.91 Å². The molecule has 34 heavy (non-hydrogen) atoms. The van der Waals surface area contributed by atoms with Crippen LogP contribution >= 0.6 is 11.8 Å². The van der Waals surface area contributed by atoms with Gasteiger partial charge in [-0.2, -0.15) is 0 Å². The molecule has 7 nitrogen and oxygen atoms in total. The fraction of sp³-hybridized carbons (Fsp3) is 0.423. The highest BCUT2D eigenvalue weighted by Crippen LogP contribution is 2.50. The second kappa shape index (κ2) is 9.80. The minimum atomic E-state index is -1.48. The van der Waals surface area contributed by atoms with Crippen molar-refractivity contribution in [2.24, 2.45) is 0 Å². The van der Waals surface area contributed by atoms with Gasteiger partial charge in [-0.1, -0.05) is 55.5 Å². The third kappa shape index (κ3) is 4.32. The lowest BCUT2D eigenvalue weighted by molar-refractivity contribution is -0.167. The van der Waals surface area contributed by atoms with Crippen molar-refractivity contribution in [2.45, 2.75) is 56.7 Å². The Morgan fingerprint density at radius 3 is 2.53 bits per heavy atom. The molecule has 180 valence electrons. The molecule has 2 aromatic carbocycles. The lowest BCUT2D eigenvalue weighted by Gasteiger charge is -2.52. The molecule has 3 amide bonds. The van der Waals surface area contributed by atoms with E-state index in [9.17, 15) is 19.5 Å². The van der Waals surface area contributed by atoms with Gasteiger partial charge in [0, 0.05) is 12.1 Å². The van der Waals surface area contributed by atoms with Gasteiger partial charge in [0.25, 0.3) is 11.8 Å². The zero-order valence-corrected chi connectivity index (χ0v) is 20.5. The van der Waals surface area contributed by atoms with Crippen LogP contribution in [0.1, 0.15) is 41.8 Å². The quantitative estimate of drug-likeness (QED) is 0.566. The molecule has 2 fully saturated rings. The van der Waals surface area contributed by atoms with Crippen LogP contribution in [0.2, 0.25) is 0 Å². The van der Waals surface area contributed by atoms with Crippen molar-refractivity contribution >= 4 is 29.5 Å². The number of carbonyl (C=O) groups excluding carboxylic acids is 3. The molecule has 0 radical (unpaired) electrons. The van der Waals surface area contributed by atoms with Crippen LogP contribution in [0.5, 0.6) is 0 Å². The van der Waals surface area contributed by atoms with Gasteiger partial charge in [-0.25, -0.2) is 0 Å². The van der Waals surface area contributed by atoms with Crippen molar-refractivity contribution in [3.63, 3.8) is 0 Å². The number of nitrogens with zero attached hydrogens (tertiary/aromatic N) is 2. The van der Waals surface area contributed by atoms with Gasteiger partial charge >= 0.3 is 0 Å². The first-order valence-electron chi connectivity index (χ1n) is 11.6. The number of thioether (sulfide) groups is 1. The molecule has 4 atom stereocenters. The van der Waals surface area contributed by atoms with Crippen molar-refractivity contribution in [3.05, 3.63) is 71.3 Å². The maximum absolute atomic E-state index is 13.4. The van der Waals surface area contributed by atoms with E-state index >= 15 is 0 Å². The summed E-state index contributed by atoms with van der Waals surface area (Å²) in [6.07, 6.45) is -0.358. The number of aliphatic hydroxyl groups excluding tert-OH is 1. The van der Waals surface area contributed by atoms with E-state index in [1.165, 1.54) is 4.90 Å². The summed E-state index contributed by atoms with van der Waals surface area (Å²) < 4.78 is 0. The molecular formula is C26H31N3O4S. The Labute approximate surface area is 204 Å². The predicted molar refractivity (Wildman–Crippen MR) is 132 cm³/mol. The van der Waals surface area contributed by atoms with E-state index in [1.807, 2.05) is 68.1 Å². The van der Waals surface area contributed by atoms with Gasteiger partial charge in [0.1, 0.15) is 10.9 Å². The molecule has 0 aliphatic carbocycles. The monoisotopic (exact) mass is 481 g/mol. The summed E-state index contributed by atoms with van der Waals surface area (Å²) >= 11 is 1.54. The molecular weight excluding hydrogens is 450 g/mol. The standard InChI is InChI=1S/C26H31N3O4S/c1-4-14-29-25(33)22-26(29,3)34-16-28(22)24(32)21(30)20(15-18-11-6-5-7-12-18)27-23(31)19-13-9-8-10-17(19)2/h5-13,20-22,30H,4,14-16H2,1-3H3,(H,27,31)/t20-,21-,22+,26?/m0/s1. The minimum absolute atomic E-state index is 0.0848. The average Bonchev–Trinajstić information content (AvgIpc) is 3.15. The Bertz CT molecular complexity index is 1080. The summed E-state index contributed by atoms with van der Waals surface area (Å²) in [7, 11) is 0. The predicted octanol–water partition coefficient (Wildman–Crippen LogP) is 2.57. The first-order chi connectivity index (χ1) is 16.3. The number of rotatable bonds is 8. The number of aryl methyl sites for hydroxylation is 1. The van der Waals surface area contributed by atoms with Gasteiger partial charge in [-0.05, 0) is 43.9 Å². The van der Waals surface area contributed by atoms with Crippen LogP contribution in [0.4, 0.5) is 0 Å². The third-order valence-corrected chi connectivity index (χ3v) is 8.16. The molecule has 8 heteroatoms. The van der Waals surface area contributed by atoms with E-state index < -0.39 is 29.0 Å². The smallest absolute Gasteiger partial charge is 0.255 e. The molecule has 0 saturated carbocycles. The Hall–Kier alpha value is -2.84. The number of amides is 3. The average molecular weight is 482 g/mol. The highest BCUT2D eigenvalue weighted by Gasteiger charge is 2.65. The Morgan fingerprint density at radius 2 is 1.85 bits per heavy atom. The Kier molecular flexibility index (Phi) is 7.00. The molecule has 0 bridgehead atoms. The third-order valence-electron chi connectivity index (χ3n) is 6.72. The number of β-lactam (4-membered cyclic amide) rings is 1. The summed E-state index contributed by atoms with van der Waals surface area (Å²) in [5, 5.41) is 14.1. The minimum Gasteiger partial charge on any atom is -0.381 e. The second-order valence-electron chi connectivity index (χ2n) is 9.06.